The summed E-state index contributed by atoms with van der Waals surface area (Å²) in [6, 6.07) is 6.62. The Morgan fingerprint density at radius 2 is 2.00 bits per heavy atom. The van der Waals surface area contributed by atoms with Gasteiger partial charge in [0.05, 0.1) is 0 Å². The van der Waals surface area contributed by atoms with Crippen LogP contribution in [0.25, 0.3) is 0 Å². The largest absolute Gasteiger partial charge is 0.0876 e. The van der Waals surface area contributed by atoms with Gasteiger partial charge in [0.1, 0.15) is 0 Å². The molecule has 0 saturated heterocycles. The van der Waals surface area contributed by atoms with Crippen molar-refractivity contribution in [3.8, 4) is 0 Å². The average molecular weight is 213 g/mol. The van der Waals surface area contributed by atoms with Crippen molar-refractivity contribution in [1.29, 1.82) is 0 Å². The van der Waals surface area contributed by atoms with E-state index in [4.69, 9.17) is 0 Å². The lowest BCUT2D eigenvalue weighted by molar-refractivity contribution is 1.10. The molecule has 0 fully saturated rings. The topological polar surface area (TPSA) is 0 Å². The molecule has 0 aromatic heterocycles. The van der Waals surface area contributed by atoms with Crippen molar-refractivity contribution in [3.63, 3.8) is 0 Å². The van der Waals surface area contributed by atoms with E-state index in [1.807, 2.05) is 0 Å². The van der Waals surface area contributed by atoms with E-state index in [0.717, 1.165) is 11.8 Å². The smallest absolute Gasteiger partial charge is 0.0285 e. The van der Waals surface area contributed by atoms with Crippen molar-refractivity contribution in [2.24, 2.45) is 0 Å². The summed E-state index contributed by atoms with van der Waals surface area (Å²) in [7, 11) is 0. The Kier molecular flexibility index (Phi) is 3.13. The fourth-order valence-electron chi connectivity index (χ4n) is 1.21. The van der Waals surface area contributed by atoms with E-state index in [0.29, 0.717) is 0 Å². The number of halogens is 1. The van der Waals surface area contributed by atoms with Crippen LogP contribution < -0.4 is 0 Å². The van der Waals surface area contributed by atoms with Crippen LogP contribution in [0.3, 0.4) is 0 Å². The van der Waals surface area contributed by atoms with Gasteiger partial charge in [0.25, 0.3) is 0 Å². The molecule has 0 heterocycles. The minimum atomic E-state index is 0.969. The van der Waals surface area contributed by atoms with Crippen molar-refractivity contribution in [3.05, 3.63) is 34.9 Å². The van der Waals surface area contributed by atoms with E-state index in [-0.39, 0.29) is 0 Å². The van der Waals surface area contributed by atoms with Crippen LogP contribution >= 0.6 is 15.9 Å². The van der Waals surface area contributed by atoms with Gasteiger partial charge in [0.2, 0.25) is 0 Å². The Labute approximate surface area is 76.8 Å². The number of alkyl halides is 1. The Hall–Kier alpha value is -0.300. The molecule has 1 rings (SSSR count). The molecule has 0 nitrogen and oxygen atoms in total. The highest BCUT2D eigenvalue weighted by atomic mass is 79.9. The summed E-state index contributed by atoms with van der Waals surface area (Å²) in [5.74, 6) is 0. The maximum atomic E-state index is 3.47. The van der Waals surface area contributed by atoms with Gasteiger partial charge in [0.15, 0.2) is 0 Å². The Morgan fingerprint density at radius 1 is 1.27 bits per heavy atom. The lowest BCUT2D eigenvalue weighted by Gasteiger charge is -2.04. The van der Waals surface area contributed by atoms with Gasteiger partial charge in [-0.05, 0) is 24.5 Å². The molecular weight excluding hydrogens is 200 g/mol. The van der Waals surface area contributed by atoms with Gasteiger partial charge in [0, 0.05) is 5.33 Å². The van der Waals surface area contributed by atoms with Crippen LogP contribution in [-0.4, -0.2) is 0 Å². The maximum absolute atomic E-state index is 3.47. The Bertz CT molecular complexity index is 241. The fraction of sp³-hybridized carbons (Fsp3) is 0.400. The van der Waals surface area contributed by atoms with Crippen LogP contribution in [0.4, 0.5) is 0 Å². The Morgan fingerprint density at radius 3 is 2.55 bits per heavy atom. The number of aryl methyl sites for hydroxylation is 2. The maximum Gasteiger partial charge on any atom is 0.0285 e. The van der Waals surface area contributed by atoms with Crippen LogP contribution in [0.2, 0.25) is 0 Å². The predicted molar refractivity (Wildman–Crippen MR) is 53.2 cm³/mol. The molecule has 1 heteroatoms. The molecule has 0 saturated carbocycles. The van der Waals surface area contributed by atoms with Gasteiger partial charge >= 0.3 is 0 Å². The van der Waals surface area contributed by atoms with Gasteiger partial charge in [-0.25, -0.2) is 0 Å². The van der Waals surface area contributed by atoms with Crippen molar-refractivity contribution in [2.75, 3.05) is 0 Å². The summed E-state index contributed by atoms with van der Waals surface area (Å²) in [6.45, 7) is 4.33. The standard InChI is InChI=1S/C10H13Br/c1-3-9-6-8(2)4-5-10(9)7-11/h4-6H,3,7H2,1-2H3. The third kappa shape index (κ3) is 2.06. The zero-order valence-corrected chi connectivity index (χ0v) is 8.61. The van der Waals surface area contributed by atoms with Crippen LogP contribution in [-0.2, 0) is 11.8 Å². The van der Waals surface area contributed by atoms with Gasteiger partial charge < -0.3 is 0 Å². The minimum absolute atomic E-state index is 0.969. The van der Waals surface area contributed by atoms with Crippen molar-refractivity contribution in [2.45, 2.75) is 25.6 Å². The number of rotatable bonds is 2. The third-order valence-electron chi connectivity index (χ3n) is 1.89. The summed E-state index contributed by atoms with van der Waals surface area (Å²) in [6.07, 6.45) is 1.13. The van der Waals surface area contributed by atoms with Gasteiger partial charge in [-0.15, -0.1) is 0 Å². The number of hydrogen-bond donors (Lipinski definition) is 0. The fourth-order valence-corrected chi connectivity index (χ4v) is 1.76. The predicted octanol–water partition coefficient (Wildman–Crippen LogP) is 3.45. The van der Waals surface area contributed by atoms with Crippen LogP contribution in [0, 0.1) is 6.92 Å². The van der Waals surface area contributed by atoms with Crippen LogP contribution in [0.5, 0.6) is 0 Å². The third-order valence-corrected chi connectivity index (χ3v) is 2.49. The molecule has 0 spiro atoms. The molecule has 11 heavy (non-hydrogen) atoms. The molecule has 0 amide bonds. The normalized spacial score (nSPS) is 10.1. The summed E-state index contributed by atoms with van der Waals surface area (Å²) >= 11 is 3.47. The number of hydrogen-bond acceptors (Lipinski definition) is 0. The Balaban J connectivity index is 3.06. The van der Waals surface area contributed by atoms with Gasteiger partial charge in [-0.3, -0.25) is 0 Å². The first-order valence-corrected chi connectivity index (χ1v) is 5.04. The zero-order valence-electron chi connectivity index (χ0n) is 7.02. The molecule has 0 aliphatic heterocycles. The van der Waals surface area contributed by atoms with Crippen molar-refractivity contribution >= 4 is 15.9 Å². The summed E-state index contributed by atoms with van der Waals surface area (Å²) < 4.78 is 0. The molecule has 0 radical (unpaired) electrons. The van der Waals surface area contributed by atoms with Crippen LogP contribution in [0.15, 0.2) is 18.2 Å². The lowest BCUT2D eigenvalue weighted by atomic mass is 10.0. The van der Waals surface area contributed by atoms with Gasteiger partial charge in [-0.1, -0.05) is 46.6 Å². The highest BCUT2D eigenvalue weighted by Crippen LogP contribution is 2.14. The highest BCUT2D eigenvalue weighted by Gasteiger charge is 1.97. The lowest BCUT2D eigenvalue weighted by Crippen LogP contribution is -1.89. The molecule has 0 aliphatic carbocycles. The molecule has 0 atom stereocenters. The summed E-state index contributed by atoms with van der Waals surface area (Å²) in [5, 5.41) is 0.969. The summed E-state index contributed by atoms with van der Waals surface area (Å²) in [4.78, 5) is 0. The molecule has 0 N–H and O–H groups in total. The average Bonchev–Trinajstić information content (AvgIpc) is 2.04. The molecule has 0 unspecified atom stereocenters. The van der Waals surface area contributed by atoms with Crippen LogP contribution in [0.1, 0.15) is 23.6 Å². The SMILES string of the molecule is CCc1cc(C)ccc1CBr. The first kappa shape index (κ1) is 8.79. The van der Waals surface area contributed by atoms with E-state index in [9.17, 15) is 0 Å². The second-order valence-electron chi connectivity index (χ2n) is 2.76. The molecule has 1 aromatic carbocycles. The highest BCUT2D eigenvalue weighted by molar-refractivity contribution is 9.08. The first-order chi connectivity index (χ1) is 5.27. The minimum Gasteiger partial charge on any atom is -0.0876 e. The second-order valence-corrected chi connectivity index (χ2v) is 3.32. The van der Waals surface area contributed by atoms with E-state index in [2.05, 4.69) is 48.0 Å². The molecule has 1 aromatic rings. The van der Waals surface area contributed by atoms with E-state index >= 15 is 0 Å². The first-order valence-electron chi connectivity index (χ1n) is 3.92. The zero-order chi connectivity index (χ0) is 8.27. The molecular formula is C10H13Br. The molecule has 0 bridgehead atoms. The summed E-state index contributed by atoms with van der Waals surface area (Å²) in [5.41, 5.74) is 4.23. The van der Waals surface area contributed by atoms with E-state index in [1.54, 1.807) is 0 Å². The molecule has 60 valence electrons. The number of benzene rings is 1. The van der Waals surface area contributed by atoms with E-state index in [1.165, 1.54) is 16.7 Å². The van der Waals surface area contributed by atoms with E-state index < -0.39 is 0 Å². The van der Waals surface area contributed by atoms with Crippen molar-refractivity contribution < 1.29 is 0 Å². The monoisotopic (exact) mass is 212 g/mol. The quantitative estimate of drug-likeness (QED) is 0.660. The van der Waals surface area contributed by atoms with Crippen molar-refractivity contribution in [1.82, 2.24) is 0 Å². The molecule has 0 aliphatic rings. The second kappa shape index (κ2) is 3.91. The van der Waals surface area contributed by atoms with Gasteiger partial charge in [-0.2, -0.15) is 0 Å².